The number of nitrogens with zero attached hydrogens (tertiary/aromatic N) is 5. The molecule has 7 heteroatoms. The average Bonchev–Trinajstić information content (AvgIpc) is 3.12. The van der Waals surface area contributed by atoms with E-state index in [4.69, 9.17) is 5.73 Å². The van der Waals surface area contributed by atoms with Crippen molar-refractivity contribution in [3.05, 3.63) is 48.5 Å². The molecule has 4 rings (SSSR count). The van der Waals surface area contributed by atoms with Gasteiger partial charge in [0, 0.05) is 17.5 Å². The third-order valence-corrected chi connectivity index (χ3v) is 4.22. The minimum Gasteiger partial charge on any atom is -0.375 e. The number of thiazole rings is 1. The van der Waals surface area contributed by atoms with Crippen molar-refractivity contribution < 1.29 is 0 Å². The summed E-state index contributed by atoms with van der Waals surface area (Å²) in [5.74, 6) is 0. The Morgan fingerprint density at radius 2 is 2.05 bits per heavy atom. The molecule has 108 valence electrons. The first-order valence-electron chi connectivity index (χ1n) is 6.71. The topological polar surface area (TPSA) is 82.0 Å². The molecule has 6 nitrogen and oxygen atoms in total. The quantitative estimate of drug-likeness (QED) is 0.616. The van der Waals surface area contributed by atoms with Gasteiger partial charge >= 0.3 is 0 Å². The number of hydrogen-bond donors (Lipinski definition) is 1. The van der Waals surface area contributed by atoms with Gasteiger partial charge < -0.3 is 5.73 Å². The van der Waals surface area contributed by atoms with Gasteiger partial charge in [0.25, 0.3) is 0 Å². The van der Waals surface area contributed by atoms with Crippen molar-refractivity contribution in [2.75, 3.05) is 5.73 Å². The van der Waals surface area contributed by atoms with E-state index in [2.05, 4.69) is 20.1 Å². The van der Waals surface area contributed by atoms with E-state index in [1.807, 2.05) is 43.5 Å². The second-order valence-corrected chi connectivity index (χ2v) is 5.91. The number of nitrogens with two attached hydrogens (primary N) is 1. The summed E-state index contributed by atoms with van der Waals surface area (Å²) in [5.41, 5.74) is 10.3. The molecule has 0 saturated heterocycles. The molecule has 0 fully saturated rings. The lowest BCUT2D eigenvalue weighted by molar-refractivity contribution is 0.962. The van der Waals surface area contributed by atoms with Crippen molar-refractivity contribution in [3.8, 4) is 21.8 Å². The van der Waals surface area contributed by atoms with Crippen LogP contribution in [0.1, 0.15) is 5.69 Å². The van der Waals surface area contributed by atoms with E-state index in [1.165, 1.54) is 17.7 Å². The molecule has 0 unspecified atom stereocenters. The fourth-order valence-corrected chi connectivity index (χ4v) is 3.16. The highest BCUT2D eigenvalue weighted by atomic mass is 32.1. The van der Waals surface area contributed by atoms with Crippen molar-refractivity contribution in [2.24, 2.45) is 0 Å². The van der Waals surface area contributed by atoms with Crippen LogP contribution in [0.2, 0.25) is 0 Å². The van der Waals surface area contributed by atoms with Crippen LogP contribution < -0.4 is 5.73 Å². The summed E-state index contributed by atoms with van der Waals surface area (Å²) in [6, 6.07) is 9.80. The van der Waals surface area contributed by atoms with Gasteiger partial charge in [-0.3, -0.25) is 4.98 Å². The molecule has 0 spiro atoms. The van der Waals surface area contributed by atoms with E-state index in [-0.39, 0.29) is 0 Å². The van der Waals surface area contributed by atoms with Crippen LogP contribution in [0.3, 0.4) is 0 Å². The largest absolute Gasteiger partial charge is 0.375 e. The van der Waals surface area contributed by atoms with Crippen molar-refractivity contribution in [1.29, 1.82) is 0 Å². The minimum atomic E-state index is 0.520. The Labute approximate surface area is 130 Å². The molecule has 0 saturated carbocycles. The molecule has 22 heavy (non-hydrogen) atoms. The van der Waals surface area contributed by atoms with E-state index in [9.17, 15) is 0 Å². The zero-order valence-corrected chi connectivity index (χ0v) is 12.6. The van der Waals surface area contributed by atoms with Gasteiger partial charge in [-0.05, 0) is 31.2 Å². The van der Waals surface area contributed by atoms with Gasteiger partial charge in [0.2, 0.25) is 0 Å². The highest BCUT2D eigenvalue weighted by molar-refractivity contribution is 7.19. The molecule has 4 aromatic heterocycles. The van der Waals surface area contributed by atoms with Gasteiger partial charge in [0.05, 0.1) is 16.3 Å². The van der Waals surface area contributed by atoms with Crippen LogP contribution in [0.25, 0.3) is 27.5 Å². The molecule has 0 bridgehead atoms. The highest BCUT2D eigenvalue weighted by Crippen LogP contribution is 2.37. The van der Waals surface area contributed by atoms with Crippen LogP contribution in [0.4, 0.5) is 5.13 Å². The normalized spacial score (nSPS) is 11.1. The highest BCUT2D eigenvalue weighted by Gasteiger charge is 2.15. The van der Waals surface area contributed by atoms with Gasteiger partial charge in [-0.2, -0.15) is 5.10 Å². The van der Waals surface area contributed by atoms with Crippen LogP contribution in [-0.4, -0.2) is 24.6 Å². The zero-order valence-electron chi connectivity index (χ0n) is 11.8. The number of anilines is 1. The number of rotatable bonds is 2. The molecule has 0 aromatic carbocycles. The SMILES string of the molecule is Cc1cccc(-c2sc(N)nc2-c2ccc3ncnn3c2)n1. The predicted molar refractivity (Wildman–Crippen MR) is 86.5 cm³/mol. The number of aryl methyl sites for hydroxylation is 1. The lowest BCUT2D eigenvalue weighted by Crippen LogP contribution is -1.91. The van der Waals surface area contributed by atoms with Gasteiger partial charge in [-0.1, -0.05) is 17.4 Å². The number of fused-ring (bicyclic) bond motifs is 1. The maximum atomic E-state index is 5.93. The van der Waals surface area contributed by atoms with E-state index in [1.54, 1.807) is 4.52 Å². The first kappa shape index (κ1) is 12.9. The molecule has 4 heterocycles. The summed E-state index contributed by atoms with van der Waals surface area (Å²) < 4.78 is 1.72. The molecule has 0 atom stereocenters. The summed E-state index contributed by atoms with van der Waals surface area (Å²) in [5, 5.41) is 4.68. The Kier molecular flexibility index (Phi) is 2.87. The Morgan fingerprint density at radius 1 is 1.14 bits per heavy atom. The van der Waals surface area contributed by atoms with E-state index in [0.29, 0.717) is 5.13 Å². The van der Waals surface area contributed by atoms with E-state index < -0.39 is 0 Å². The Hall–Kier alpha value is -2.80. The second-order valence-electron chi connectivity index (χ2n) is 4.87. The van der Waals surface area contributed by atoms with Gasteiger partial charge in [-0.25, -0.2) is 14.5 Å². The van der Waals surface area contributed by atoms with Crippen LogP contribution in [0.15, 0.2) is 42.9 Å². The standard InChI is InChI=1S/C15H12N6S/c1-9-3-2-4-11(19-9)14-13(20-15(16)22-14)10-5-6-12-17-8-18-21(12)7-10/h2-8H,1H3,(H2,16,20). The first-order valence-corrected chi connectivity index (χ1v) is 7.52. The van der Waals surface area contributed by atoms with Gasteiger partial charge in [0.15, 0.2) is 10.8 Å². The van der Waals surface area contributed by atoms with Crippen LogP contribution >= 0.6 is 11.3 Å². The average molecular weight is 308 g/mol. The van der Waals surface area contributed by atoms with E-state index >= 15 is 0 Å². The van der Waals surface area contributed by atoms with Gasteiger partial charge in [-0.15, -0.1) is 0 Å². The fourth-order valence-electron chi connectivity index (χ4n) is 2.33. The van der Waals surface area contributed by atoms with Crippen LogP contribution in [-0.2, 0) is 0 Å². The molecular weight excluding hydrogens is 296 g/mol. The zero-order chi connectivity index (χ0) is 15.1. The molecule has 0 amide bonds. The summed E-state index contributed by atoms with van der Waals surface area (Å²) in [6.07, 6.45) is 3.42. The Bertz CT molecular complexity index is 971. The summed E-state index contributed by atoms with van der Waals surface area (Å²) in [7, 11) is 0. The number of hydrogen-bond acceptors (Lipinski definition) is 6. The van der Waals surface area contributed by atoms with Crippen molar-refractivity contribution >= 4 is 22.1 Å². The first-order chi connectivity index (χ1) is 10.7. The number of aromatic nitrogens is 5. The second kappa shape index (κ2) is 4.88. The lowest BCUT2D eigenvalue weighted by Gasteiger charge is -2.03. The minimum absolute atomic E-state index is 0.520. The maximum absolute atomic E-state index is 5.93. The molecule has 0 aliphatic heterocycles. The number of pyridine rings is 2. The van der Waals surface area contributed by atoms with Crippen molar-refractivity contribution in [3.63, 3.8) is 0 Å². The van der Waals surface area contributed by atoms with Crippen LogP contribution in [0.5, 0.6) is 0 Å². The Balaban J connectivity index is 1.91. The van der Waals surface area contributed by atoms with Crippen molar-refractivity contribution in [1.82, 2.24) is 24.6 Å². The molecule has 2 N–H and O–H groups in total. The third-order valence-electron chi connectivity index (χ3n) is 3.31. The summed E-state index contributed by atoms with van der Waals surface area (Å²) in [4.78, 5) is 14.2. The summed E-state index contributed by atoms with van der Waals surface area (Å²) >= 11 is 1.44. The summed E-state index contributed by atoms with van der Waals surface area (Å²) in [6.45, 7) is 1.97. The monoisotopic (exact) mass is 308 g/mol. The lowest BCUT2D eigenvalue weighted by atomic mass is 10.1. The molecule has 0 radical (unpaired) electrons. The number of nitrogen functional groups attached to an aromatic ring is 1. The fraction of sp³-hybridized carbons (Fsp3) is 0.0667. The molecule has 0 aliphatic carbocycles. The maximum Gasteiger partial charge on any atom is 0.181 e. The molecule has 4 aromatic rings. The Morgan fingerprint density at radius 3 is 2.91 bits per heavy atom. The molecular formula is C15H12N6S. The molecule has 0 aliphatic rings. The van der Waals surface area contributed by atoms with Gasteiger partial charge in [0.1, 0.15) is 6.33 Å². The van der Waals surface area contributed by atoms with Crippen molar-refractivity contribution in [2.45, 2.75) is 6.92 Å². The smallest absolute Gasteiger partial charge is 0.181 e. The van der Waals surface area contributed by atoms with E-state index in [0.717, 1.165) is 33.2 Å². The third kappa shape index (κ3) is 2.11. The van der Waals surface area contributed by atoms with Crippen LogP contribution in [0, 0.1) is 6.92 Å². The predicted octanol–water partition coefficient (Wildman–Crippen LogP) is 2.81.